The average Bonchev–Trinajstić information content (AvgIpc) is 3.07. The number of hydrogen-bond donors (Lipinski definition) is 1. The van der Waals surface area contributed by atoms with Gasteiger partial charge in [0.15, 0.2) is 0 Å². The number of rotatable bonds is 8. The molecule has 2 amide bonds. The molecule has 0 radical (unpaired) electrons. The van der Waals surface area contributed by atoms with E-state index in [9.17, 15) is 9.59 Å². The van der Waals surface area contributed by atoms with Crippen molar-refractivity contribution >= 4 is 11.8 Å². The highest BCUT2D eigenvalue weighted by Crippen LogP contribution is 2.21. The van der Waals surface area contributed by atoms with Crippen LogP contribution >= 0.6 is 0 Å². The monoisotopic (exact) mass is 453 g/mol. The van der Waals surface area contributed by atoms with Gasteiger partial charge in [0.1, 0.15) is 0 Å². The van der Waals surface area contributed by atoms with E-state index in [1.54, 1.807) is 0 Å². The van der Waals surface area contributed by atoms with E-state index in [4.69, 9.17) is 0 Å². The van der Waals surface area contributed by atoms with Crippen LogP contribution in [-0.4, -0.2) is 71.7 Å². The normalized spacial score (nSPS) is 15.2. The molecule has 0 unspecified atom stereocenters. The smallest absolute Gasteiger partial charge is 0.253 e. The zero-order valence-corrected chi connectivity index (χ0v) is 21.0. The van der Waals surface area contributed by atoms with E-state index < -0.39 is 0 Å². The van der Waals surface area contributed by atoms with Crippen LogP contribution in [0.25, 0.3) is 0 Å². The molecule has 7 heteroatoms. The molecule has 1 saturated heterocycles. The lowest BCUT2D eigenvalue weighted by Crippen LogP contribution is -2.46. The second-order valence-corrected chi connectivity index (χ2v) is 10.5. The minimum absolute atomic E-state index is 0.0221. The molecule has 0 aliphatic carbocycles. The summed E-state index contributed by atoms with van der Waals surface area (Å²) in [4.78, 5) is 29.8. The number of piperidine rings is 1. The van der Waals surface area contributed by atoms with Gasteiger partial charge in [-0.15, -0.1) is 0 Å². The summed E-state index contributed by atoms with van der Waals surface area (Å²) in [6.07, 6.45) is 1.41. The van der Waals surface area contributed by atoms with E-state index >= 15 is 0 Å². The molecule has 1 aromatic heterocycles. The molecule has 1 N–H and O–H groups in total. The molecule has 0 saturated carbocycles. The summed E-state index contributed by atoms with van der Waals surface area (Å²) in [6.45, 7) is 11.8. The number of aromatic nitrogens is 2. The number of hydrogen-bond acceptors (Lipinski definition) is 4. The largest absolute Gasteiger partial charge is 0.355 e. The molecular formula is C26H39N5O2. The van der Waals surface area contributed by atoms with Crippen LogP contribution in [0.4, 0.5) is 0 Å². The zero-order chi connectivity index (χ0) is 24.2. The molecule has 0 atom stereocenters. The predicted octanol–water partition coefficient (Wildman–Crippen LogP) is 3.10. The Hall–Kier alpha value is -2.67. The summed E-state index contributed by atoms with van der Waals surface area (Å²) in [5, 5.41) is 7.65. The molecule has 0 bridgehead atoms. The first-order chi connectivity index (χ1) is 15.5. The quantitative estimate of drug-likeness (QED) is 0.667. The lowest BCUT2D eigenvalue weighted by Gasteiger charge is -2.33. The molecule has 3 rings (SSSR count). The van der Waals surface area contributed by atoms with E-state index in [1.807, 2.05) is 61.8 Å². The van der Waals surface area contributed by atoms with Gasteiger partial charge in [-0.2, -0.15) is 5.10 Å². The minimum atomic E-state index is -0.0263. The number of amides is 2. The van der Waals surface area contributed by atoms with E-state index in [0.717, 1.165) is 23.5 Å². The van der Waals surface area contributed by atoms with E-state index in [2.05, 4.69) is 35.2 Å². The lowest BCUT2D eigenvalue weighted by molar-refractivity contribution is -0.126. The highest BCUT2D eigenvalue weighted by atomic mass is 16.2. The molecule has 180 valence electrons. The Morgan fingerprint density at radius 1 is 1.15 bits per heavy atom. The van der Waals surface area contributed by atoms with Gasteiger partial charge in [-0.1, -0.05) is 26.0 Å². The van der Waals surface area contributed by atoms with Gasteiger partial charge in [0.25, 0.3) is 5.91 Å². The van der Waals surface area contributed by atoms with Crippen molar-refractivity contribution in [1.29, 1.82) is 0 Å². The first-order valence-corrected chi connectivity index (χ1v) is 11.9. The van der Waals surface area contributed by atoms with Crippen LogP contribution in [0.2, 0.25) is 0 Å². The van der Waals surface area contributed by atoms with Crippen LogP contribution in [0.1, 0.15) is 54.0 Å². The number of carbonyl (C=O) groups excluding carboxylic acids is 2. The van der Waals surface area contributed by atoms with Gasteiger partial charge < -0.3 is 15.1 Å². The summed E-state index contributed by atoms with van der Waals surface area (Å²) < 4.78 is 1.96. The summed E-state index contributed by atoms with van der Waals surface area (Å²) in [5.74, 6) is 0.124. The number of benzene rings is 1. The summed E-state index contributed by atoms with van der Waals surface area (Å²) >= 11 is 0. The van der Waals surface area contributed by atoms with Crippen molar-refractivity contribution in [1.82, 2.24) is 24.9 Å². The SMILES string of the molecule is Cc1cc(C)n(Cc2cccc(C(=O)N3CCC(C(=O)NCC(C)(C)CN(C)C)CC3)c2)n1. The van der Waals surface area contributed by atoms with Gasteiger partial charge in [-0.05, 0) is 70.0 Å². The average molecular weight is 454 g/mol. The Kier molecular flexibility index (Phi) is 7.95. The van der Waals surface area contributed by atoms with Gasteiger partial charge in [-0.25, -0.2) is 0 Å². The van der Waals surface area contributed by atoms with Crippen molar-refractivity contribution in [2.24, 2.45) is 11.3 Å². The number of nitrogens with one attached hydrogen (secondary N) is 1. The van der Waals surface area contributed by atoms with Crippen molar-refractivity contribution in [2.75, 3.05) is 40.3 Å². The van der Waals surface area contributed by atoms with Gasteiger partial charge in [0, 0.05) is 43.4 Å². The molecular weight excluding hydrogens is 414 g/mol. The second kappa shape index (κ2) is 10.5. The summed E-state index contributed by atoms with van der Waals surface area (Å²) in [7, 11) is 4.09. The van der Waals surface area contributed by atoms with E-state index in [1.165, 1.54) is 0 Å². The number of carbonyl (C=O) groups is 2. The lowest BCUT2D eigenvalue weighted by atomic mass is 9.91. The number of likely N-dealkylation sites (tertiary alicyclic amines) is 1. The molecule has 2 aromatic rings. The third kappa shape index (κ3) is 6.90. The third-order valence-electron chi connectivity index (χ3n) is 6.25. The van der Waals surface area contributed by atoms with Crippen molar-refractivity contribution < 1.29 is 9.59 Å². The Bertz CT molecular complexity index is 971. The molecule has 0 spiro atoms. The summed E-state index contributed by atoms with van der Waals surface area (Å²) in [5.41, 5.74) is 3.88. The highest BCUT2D eigenvalue weighted by molar-refractivity contribution is 5.94. The van der Waals surface area contributed by atoms with Crippen LogP contribution in [0.15, 0.2) is 30.3 Å². The Labute approximate surface area is 198 Å². The fraction of sp³-hybridized carbons (Fsp3) is 0.577. The maximum atomic E-state index is 13.1. The van der Waals surface area contributed by atoms with Crippen LogP contribution < -0.4 is 5.32 Å². The van der Waals surface area contributed by atoms with Crippen molar-refractivity contribution in [3.8, 4) is 0 Å². The molecule has 33 heavy (non-hydrogen) atoms. The molecule has 2 heterocycles. The van der Waals surface area contributed by atoms with Crippen LogP contribution in [-0.2, 0) is 11.3 Å². The van der Waals surface area contributed by atoms with Crippen molar-refractivity contribution in [2.45, 2.75) is 47.1 Å². The summed E-state index contributed by atoms with van der Waals surface area (Å²) in [6, 6.07) is 9.85. The van der Waals surface area contributed by atoms with Crippen molar-refractivity contribution in [3.63, 3.8) is 0 Å². The van der Waals surface area contributed by atoms with Crippen LogP contribution in [0, 0.1) is 25.2 Å². The first-order valence-electron chi connectivity index (χ1n) is 11.9. The molecule has 1 aromatic carbocycles. The molecule has 7 nitrogen and oxygen atoms in total. The second-order valence-electron chi connectivity index (χ2n) is 10.5. The maximum Gasteiger partial charge on any atom is 0.253 e. The Morgan fingerprint density at radius 3 is 2.45 bits per heavy atom. The number of nitrogens with zero attached hydrogens (tertiary/aromatic N) is 4. The van der Waals surface area contributed by atoms with E-state index in [-0.39, 0.29) is 23.1 Å². The van der Waals surface area contributed by atoms with Gasteiger partial charge in [-0.3, -0.25) is 14.3 Å². The first kappa shape index (κ1) is 25.0. The number of aryl methyl sites for hydroxylation is 2. The molecule has 1 aliphatic heterocycles. The fourth-order valence-electron chi connectivity index (χ4n) is 4.72. The van der Waals surface area contributed by atoms with Crippen LogP contribution in [0.3, 0.4) is 0 Å². The molecule has 1 fully saturated rings. The zero-order valence-electron chi connectivity index (χ0n) is 21.0. The van der Waals surface area contributed by atoms with Crippen LogP contribution in [0.5, 0.6) is 0 Å². The topological polar surface area (TPSA) is 70.5 Å². The van der Waals surface area contributed by atoms with Gasteiger partial charge >= 0.3 is 0 Å². The predicted molar refractivity (Wildman–Crippen MR) is 131 cm³/mol. The maximum absolute atomic E-state index is 13.1. The van der Waals surface area contributed by atoms with Gasteiger partial charge in [0.05, 0.1) is 12.2 Å². The molecule has 1 aliphatic rings. The standard InChI is InChI=1S/C26H39N5O2/c1-19-14-20(2)31(28-19)16-21-8-7-9-23(15-21)25(33)30-12-10-22(11-13-30)24(32)27-17-26(3,4)18-29(5)6/h7-9,14-15,22H,10-13,16-18H2,1-6H3,(H,27,32). The van der Waals surface area contributed by atoms with Gasteiger partial charge in [0.2, 0.25) is 5.91 Å². The highest BCUT2D eigenvalue weighted by Gasteiger charge is 2.29. The fourth-order valence-corrected chi connectivity index (χ4v) is 4.72. The minimum Gasteiger partial charge on any atom is -0.355 e. The Morgan fingerprint density at radius 2 is 1.85 bits per heavy atom. The van der Waals surface area contributed by atoms with Crippen molar-refractivity contribution in [3.05, 3.63) is 52.8 Å². The Balaban J connectivity index is 1.53. The van der Waals surface area contributed by atoms with E-state index in [0.29, 0.717) is 44.6 Å². The third-order valence-corrected chi connectivity index (χ3v) is 6.25.